The van der Waals surface area contributed by atoms with Crippen LogP contribution in [0.15, 0.2) is 47.6 Å². The molecule has 0 aliphatic carbocycles. The lowest BCUT2D eigenvalue weighted by molar-refractivity contribution is 0.249. The van der Waals surface area contributed by atoms with Gasteiger partial charge in [-0.15, -0.1) is 0 Å². The Morgan fingerprint density at radius 2 is 2.09 bits per heavy atom. The van der Waals surface area contributed by atoms with Crippen LogP contribution in [0.5, 0.6) is 11.5 Å². The van der Waals surface area contributed by atoms with Gasteiger partial charge in [-0.1, -0.05) is 30.3 Å². The lowest BCUT2D eigenvalue weighted by Crippen LogP contribution is -2.24. The highest BCUT2D eigenvalue weighted by molar-refractivity contribution is 14.1. The number of nitrogens with two attached hydrogens (primary N) is 1. The molecule has 6 nitrogen and oxygen atoms in total. The zero-order valence-corrected chi connectivity index (χ0v) is 14.6. The van der Waals surface area contributed by atoms with E-state index >= 15 is 0 Å². The van der Waals surface area contributed by atoms with Gasteiger partial charge in [0.1, 0.15) is 6.61 Å². The Labute approximate surface area is 147 Å². The van der Waals surface area contributed by atoms with Gasteiger partial charge in [-0.2, -0.15) is 5.10 Å². The van der Waals surface area contributed by atoms with Crippen LogP contribution in [0, 0.1) is 3.57 Å². The Morgan fingerprint density at radius 3 is 2.74 bits per heavy atom. The van der Waals surface area contributed by atoms with Crippen molar-refractivity contribution in [3.63, 3.8) is 0 Å². The molecule has 3 N–H and O–H groups in total. The predicted octanol–water partition coefficient (Wildman–Crippen LogP) is 2.88. The average molecular weight is 425 g/mol. The monoisotopic (exact) mass is 425 g/mol. The number of hydrogen-bond donors (Lipinski definition) is 2. The summed E-state index contributed by atoms with van der Waals surface area (Å²) in [5.41, 5.74) is 8.93. The number of carbonyl (C=O) groups excluding carboxylic acids is 1. The molecule has 0 spiro atoms. The number of hydrogen-bond acceptors (Lipinski definition) is 4. The first-order valence-corrected chi connectivity index (χ1v) is 7.81. The maximum atomic E-state index is 10.6. The minimum atomic E-state index is -0.717. The van der Waals surface area contributed by atoms with E-state index in [1.165, 1.54) is 6.21 Å². The van der Waals surface area contributed by atoms with Gasteiger partial charge >= 0.3 is 6.03 Å². The van der Waals surface area contributed by atoms with Gasteiger partial charge in [0.05, 0.1) is 16.9 Å². The molecular formula is C16H16IN3O3. The third-order valence-electron chi connectivity index (χ3n) is 2.87. The number of carbonyl (C=O) groups is 1. The summed E-state index contributed by atoms with van der Waals surface area (Å²) >= 11 is 2.16. The van der Waals surface area contributed by atoms with Gasteiger partial charge in [0, 0.05) is 0 Å². The second-order valence-electron chi connectivity index (χ2n) is 4.54. The van der Waals surface area contributed by atoms with Gasteiger partial charge in [0.15, 0.2) is 11.5 Å². The van der Waals surface area contributed by atoms with E-state index in [0.29, 0.717) is 18.1 Å². The number of benzene rings is 2. The third-order valence-corrected chi connectivity index (χ3v) is 3.67. The van der Waals surface area contributed by atoms with Crippen LogP contribution in [-0.4, -0.2) is 19.4 Å². The zero-order valence-electron chi connectivity index (χ0n) is 12.5. The van der Waals surface area contributed by atoms with Crippen LogP contribution in [0.1, 0.15) is 11.1 Å². The van der Waals surface area contributed by atoms with E-state index in [4.69, 9.17) is 15.2 Å². The van der Waals surface area contributed by atoms with Crippen molar-refractivity contribution < 1.29 is 14.3 Å². The normalized spacial score (nSPS) is 10.5. The summed E-state index contributed by atoms with van der Waals surface area (Å²) in [6, 6.07) is 12.8. The first-order chi connectivity index (χ1) is 11.1. The second-order valence-corrected chi connectivity index (χ2v) is 5.70. The zero-order chi connectivity index (χ0) is 16.7. The summed E-state index contributed by atoms with van der Waals surface area (Å²) in [6.45, 7) is 0.448. The van der Waals surface area contributed by atoms with Crippen molar-refractivity contribution in [3.8, 4) is 11.5 Å². The molecule has 0 saturated heterocycles. The quantitative estimate of drug-likeness (QED) is 0.424. The summed E-state index contributed by atoms with van der Waals surface area (Å²) in [7, 11) is 1.57. The lowest BCUT2D eigenvalue weighted by Gasteiger charge is -2.13. The van der Waals surface area contributed by atoms with Gasteiger partial charge in [0.25, 0.3) is 0 Å². The van der Waals surface area contributed by atoms with Gasteiger partial charge in [-0.25, -0.2) is 10.2 Å². The van der Waals surface area contributed by atoms with E-state index in [0.717, 1.165) is 14.7 Å². The molecule has 0 radical (unpaired) electrons. The van der Waals surface area contributed by atoms with Gasteiger partial charge in [-0.3, -0.25) is 0 Å². The Morgan fingerprint density at radius 1 is 1.35 bits per heavy atom. The molecular weight excluding hydrogens is 409 g/mol. The molecule has 2 aromatic carbocycles. The highest BCUT2D eigenvalue weighted by atomic mass is 127. The molecule has 0 aromatic heterocycles. The summed E-state index contributed by atoms with van der Waals surface area (Å²) in [4.78, 5) is 10.6. The number of amides is 2. The van der Waals surface area contributed by atoms with Gasteiger partial charge in [-0.05, 0) is 45.9 Å². The summed E-state index contributed by atoms with van der Waals surface area (Å²) < 4.78 is 12.1. The van der Waals surface area contributed by atoms with Crippen molar-refractivity contribution in [3.05, 3.63) is 57.2 Å². The van der Waals surface area contributed by atoms with Crippen molar-refractivity contribution in [1.82, 2.24) is 5.43 Å². The van der Waals surface area contributed by atoms with Crippen molar-refractivity contribution >= 4 is 34.8 Å². The summed E-state index contributed by atoms with van der Waals surface area (Å²) in [5, 5.41) is 3.73. The highest BCUT2D eigenvalue weighted by Gasteiger charge is 2.11. The largest absolute Gasteiger partial charge is 0.493 e. The molecule has 2 amide bonds. The molecule has 0 heterocycles. The van der Waals surface area contributed by atoms with Crippen LogP contribution in [-0.2, 0) is 6.61 Å². The van der Waals surface area contributed by atoms with Gasteiger partial charge in [0.2, 0.25) is 0 Å². The summed E-state index contributed by atoms with van der Waals surface area (Å²) in [6.07, 6.45) is 1.48. The standard InChI is InChI=1S/C16H16IN3O3/c1-22-14-8-12(9-19-20-16(18)21)7-13(17)15(14)23-10-11-5-3-2-4-6-11/h2-9H,10H2,1H3,(H3,18,20,21)/b19-9-. The molecule has 2 aromatic rings. The van der Waals surface area contributed by atoms with Crippen molar-refractivity contribution in [2.45, 2.75) is 6.61 Å². The van der Waals surface area contributed by atoms with Crippen LogP contribution in [0.2, 0.25) is 0 Å². The first kappa shape index (κ1) is 17.1. The molecule has 2 rings (SSSR count). The van der Waals surface area contributed by atoms with E-state index in [1.807, 2.05) is 36.4 Å². The minimum Gasteiger partial charge on any atom is -0.493 e. The van der Waals surface area contributed by atoms with Crippen LogP contribution < -0.4 is 20.6 Å². The Balaban J connectivity index is 2.16. The number of methoxy groups -OCH3 is 1. The minimum absolute atomic E-state index is 0.448. The van der Waals surface area contributed by atoms with Crippen LogP contribution in [0.3, 0.4) is 0 Å². The predicted molar refractivity (Wildman–Crippen MR) is 96.8 cm³/mol. The fourth-order valence-corrected chi connectivity index (χ4v) is 2.64. The molecule has 0 atom stereocenters. The van der Waals surface area contributed by atoms with E-state index in [9.17, 15) is 4.79 Å². The third kappa shape index (κ3) is 5.13. The second kappa shape index (κ2) is 8.37. The van der Waals surface area contributed by atoms with E-state index < -0.39 is 6.03 Å². The van der Waals surface area contributed by atoms with E-state index in [1.54, 1.807) is 13.2 Å². The smallest absolute Gasteiger partial charge is 0.332 e. The summed E-state index contributed by atoms with van der Waals surface area (Å²) in [5.74, 6) is 1.25. The number of halogens is 1. The number of rotatable bonds is 6. The van der Waals surface area contributed by atoms with E-state index in [-0.39, 0.29) is 0 Å². The average Bonchev–Trinajstić information content (AvgIpc) is 2.54. The number of ether oxygens (including phenoxy) is 2. The fraction of sp³-hybridized carbons (Fsp3) is 0.125. The topological polar surface area (TPSA) is 85.9 Å². The number of primary amides is 1. The molecule has 0 aliphatic heterocycles. The molecule has 0 aliphatic rings. The van der Waals surface area contributed by atoms with E-state index in [2.05, 4.69) is 33.1 Å². The van der Waals surface area contributed by atoms with Crippen LogP contribution in [0.4, 0.5) is 4.79 Å². The molecule has 23 heavy (non-hydrogen) atoms. The number of nitrogens with zero attached hydrogens (tertiary/aromatic N) is 1. The lowest BCUT2D eigenvalue weighted by atomic mass is 10.2. The molecule has 7 heteroatoms. The maximum absolute atomic E-state index is 10.6. The maximum Gasteiger partial charge on any atom is 0.332 e. The molecule has 0 unspecified atom stereocenters. The molecule has 0 fully saturated rings. The van der Waals surface area contributed by atoms with Crippen molar-refractivity contribution in [2.75, 3.05) is 7.11 Å². The number of hydrazone groups is 1. The van der Waals surface area contributed by atoms with Crippen LogP contribution in [0.25, 0.3) is 0 Å². The Hall–Kier alpha value is -2.29. The highest BCUT2D eigenvalue weighted by Crippen LogP contribution is 2.34. The molecule has 0 saturated carbocycles. The SMILES string of the molecule is COc1cc(/C=N\NC(N)=O)cc(I)c1OCc1ccccc1. The van der Waals surface area contributed by atoms with Crippen molar-refractivity contribution in [2.24, 2.45) is 10.8 Å². The van der Waals surface area contributed by atoms with Crippen molar-refractivity contribution in [1.29, 1.82) is 0 Å². The Kier molecular flexibility index (Phi) is 6.21. The molecule has 120 valence electrons. The van der Waals surface area contributed by atoms with Gasteiger partial charge < -0.3 is 15.2 Å². The fourth-order valence-electron chi connectivity index (χ4n) is 1.85. The molecule has 0 bridgehead atoms. The number of nitrogens with one attached hydrogen (secondary N) is 1. The Bertz CT molecular complexity index is 705. The number of urea groups is 1. The van der Waals surface area contributed by atoms with Crippen LogP contribution >= 0.6 is 22.6 Å². The first-order valence-electron chi connectivity index (χ1n) is 6.73.